The van der Waals surface area contributed by atoms with Crippen LogP contribution in [0.25, 0.3) is 0 Å². The van der Waals surface area contributed by atoms with Gasteiger partial charge in [-0.15, -0.1) is 0 Å². The van der Waals surface area contributed by atoms with E-state index in [4.69, 9.17) is 5.11 Å². The Morgan fingerprint density at radius 3 is 2.71 bits per heavy atom. The lowest BCUT2D eigenvalue weighted by Gasteiger charge is -2.21. The number of carbonyl (C=O) groups is 2. The van der Waals surface area contributed by atoms with E-state index in [1.165, 1.54) is 4.90 Å². The van der Waals surface area contributed by atoms with Gasteiger partial charge in [-0.3, -0.25) is 0 Å². The van der Waals surface area contributed by atoms with Gasteiger partial charge >= 0.3 is 12.0 Å². The molecule has 0 radical (unpaired) electrons. The fourth-order valence-corrected chi connectivity index (χ4v) is 1.83. The third-order valence-corrected chi connectivity index (χ3v) is 2.70. The van der Waals surface area contributed by atoms with Gasteiger partial charge in [-0.25, -0.2) is 9.59 Å². The second-order valence-corrected chi connectivity index (χ2v) is 4.08. The molecule has 0 spiro atoms. The van der Waals surface area contributed by atoms with Crippen molar-refractivity contribution in [1.29, 1.82) is 0 Å². The van der Waals surface area contributed by atoms with Crippen LogP contribution in [0.1, 0.15) is 12.8 Å². The normalized spacial score (nSPS) is 23.8. The smallest absolute Gasteiger partial charge is 0.326 e. The zero-order chi connectivity index (χ0) is 12.8. The van der Waals surface area contributed by atoms with Crippen molar-refractivity contribution in [3.63, 3.8) is 0 Å². The van der Waals surface area contributed by atoms with Gasteiger partial charge in [0, 0.05) is 19.5 Å². The van der Waals surface area contributed by atoms with Gasteiger partial charge in [0.25, 0.3) is 0 Å². The predicted octanol–water partition coefficient (Wildman–Crippen LogP) is -1.17. The van der Waals surface area contributed by atoms with Crippen molar-refractivity contribution in [2.75, 3.05) is 26.7 Å². The van der Waals surface area contributed by atoms with E-state index in [0.29, 0.717) is 6.54 Å². The number of rotatable bonds is 5. The van der Waals surface area contributed by atoms with Crippen LogP contribution in [0.15, 0.2) is 0 Å². The van der Waals surface area contributed by atoms with Gasteiger partial charge in [0.2, 0.25) is 0 Å². The van der Waals surface area contributed by atoms with Gasteiger partial charge in [0.05, 0.1) is 6.10 Å². The summed E-state index contributed by atoms with van der Waals surface area (Å²) in [6, 6.07) is -1.35. The highest BCUT2D eigenvalue weighted by molar-refractivity contribution is 5.83. The van der Waals surface area contributed by atoms with Crippen LogP contribution in [0.5, 0.6) is 0 Å². The minimum absolute atomic E-state index is 0.0782. The zero-order valence-electron chi connectivity index (χ0n) is 9.85. The first-order valence-electron chi connectivity index (χ1n) is 5.66. The number of hydrogen-bond donors (Lipinski definition) is 4. The molecule has 1 saturated heterocycles. The molecule has 2 amide bonds. The van der Waals surface area contributed by atoms with Crippen LogP contribution in [-0.2, 0) is 4.79 Å². The number of nitrogens with one attached hydrogen (secondary N) is 2. The Hall–Kier alpha value is -1.34. The molecule has 2 unspecified atom stereocenters. The van der Waals surface area contributed by atoms with E-state index in [9.17, 15) is 14.7 Å². The number of urea groups is 1. The molecule has 7 heteroatoms. The third-order valence-electron chi connectivity index (χ3n) is 2.70. The molecule has 0 aromatic rings. The lowest BCUT2D eigenvalue weighted by atomic mass is 10.2. The number of carbonyl (C=O) groups excluding carboxylic acids is 1. The molecular weight excluding hydrogens is 226 g/mol. The second kappa shape index (κ2) is 6.41. The number of aliphatic hydroxyl groups is 1. The van der Waals surface area contributed by atoms with Crippen molar-refractivity contribution < 1.29 is 19.8 Å². The molecule has 0 bridgehead atoms. The molecule has 2 atom stereocenters. The number of likely N-dealkylation sites (tertiary alicyclic amines) is 1. The Morgan fingerprint density at radius 2 is 2.12 bits per heavy atom. The highest BCUT2D eigenvalue weighted by Gasteiger charge is 2.38. The molecule has 1 heterocycles. The number of amides is 2. The Morgan fingerprint density at radius 1 is 1.41 bits per heavy atom. The number of nitrogens with zero attached hydrogens (tertiary/aromatic N) is 1. The minimum atomic E-state index is -1.08. The van der Waals surface area contributed by atoms with Crippen LogP contribution in [0.2, 0.25) is 0 Å². The molecule has 0 aromatic heterocycles. The van der Waals surface area contributed by atoms with E-state index >= 15 is 0 Å². The molecule has 4 N–H and O–H groups in total. The first-order chi connectivity index (χ1) is 8.06. The van der Waals surface area contributed by atoms with E-state index < -0.39 is 24.1 Å². The molecule has 0 aliphatic carbocycles. The fourth-order valence-electron chi connectivity index (χ4n) is 1.83. The summed E-state index contributed by atoms with van der Waals surface area (Å²) in [5.74, 6) is -1.08. The van der Waals surface area contributed by atoms with Gasteiger partial charge in [0.15, 0.2) is 0 Å². The van der Waals surface area contributed by atoms with Gasteiger partial charge < -0.3 is 25.7 Å². The Bertz CT molecular complexity index is 285. The molecule has 0 aromatic carbocycles. The summed E-state index contributed by atoms with van der Waals surface area (Å²) < 4.78 is 0. The fraction of sp³-hybridized carbons (Fsp3) is 0.800. The highest BCUT2D eigenvalue weighted by atomic mass is 16.4. The summed E-state index contributed by atoms with van der Waals surface area (Å²) in [7, 11) is 1.82. The van der Waals surface area contributed by atoms with Crippen LogP contribution in [0.4, 0.5) is 4.79 Å². The summed E-state index contributed by atoms with van der Waals surface area (Å²) in [6.07, 6.45) is 0.120. The van der Waals surface area contributed by atoms with E-state index in [0.717, 1.165) is 13.0 Å². The summed E-state index contributed by atoms with van der Waals surface area (Å²) in [5.41, 5.74) is 0. The average Bonchev–Trinajstić information content (AvgIpc) is 2.66. The number of aliphatic hydroxyl groups excluding tert-OH is 1. The summed E-state index contributed by atoms with van der Waals surface area (Å²) in [4.78, 5) is 23.8. The van der Waals surface area contributed by atoms with Crippen LogP contribution in [-0.4, -0.2) is 65.9 Å². The van der Waals surface area contributed by atoms with Gasteiger partial charge in [-0.1, -0.05) is 0 Å². The van der Waals surface area contributed by atoms with Crippen LogP contribution >= 0.6 is 0 Å². The Balaban J connectivity index is 2.41. The lowest BCUT2D eigenvalue weighted by Crippen LogP contribution is -2.46. The quantitative estimate of drug-likeness (QED) is 0.457. The van der Waals surface area contributed by atoms with Crippen molar-refractivity contribution in [3.05, 3.63) is 0 Å². The Labute approximate surface area is 99.8 Å². The number of carboxylic acids is 1. The lowest BCUT2D eigenvalue weighted by molar-refractivity contribution is -0.141. The molecule has 1 fully saturated rings. The number of carboxylic acid groups (broad SMARTS) is 1. The van der Waals surface area contributed by atoms with Gasteiger partial charge in [0.1, 0.15) is 6.04 Å². The largest absolute Gasteiger partial charge is 0.480 e. The van der Waals surface area contributed by atoms with Crippen LogP contribution in [0.3, 0.4) is 0 Å². The second-order valence-electron chi connectivity index (χ2n) is 4.08. The summed E-state index contributed by atoms with van der Waals surface area (Å²) >= 11 is 0. The highest BCUT2D eigenvalue weighted by Crippen LogP contribution is 2.17. The van der Waals surface area contributed by atoms with Crippen molar-refractivity contribution in [2.24, 2.45) is 0 Å². The monoisotopic (exact) mass is 245 g/mol. The molecule has 1 aliphatic heterocycles. The van der Waals surface area contributed by atoms with E-state index in [2.05, 4.69) is 10.6 Å². The Kier molecular flexibility index (Phi) is 5.17. The van der Waals surface area contributed by atoms with Crippen molar-refractivity contribution in [1.82, 2.24) is 15.5 Å². The van der Waals surface area contributed by atoms with Crippen molar-refractivity contribution in [2.45, 2.75) is 25.0 Å². The maximum Gasteiger partial charge on any atom is 0.326 e. The molecule has 7 nitrogen and oxygen atoms in total. The first-order valence-corrected chi connectivity index (χ1v) is 5.66. The molecule has 17 heavy (non-hydrogen) atoms. The van der Waals surface area contributed by atoms with Gasteiger partial charge in [-0.05, 0) is 20.0 Å². The summed E-state index contributed by atoms with van der Waals surface area (Å²) in [5, 5.41) is 23.9. The summed E-state index contributed by atoms with van der Waals surface area (Å²) in [6.45, 7) is 1.35. The average molecular weight is 245 g/mol. The number of hydrogen-bond acceptors (Lipinski definition) is 4. The van der Waals surface area contributed by atoms with Gasteiger partial charge in [-0.2, -0.15) is 0 Å². The van der Waals surface area contributed by atoms with Crippen molar-refractivity contribution >= 4 is 12.0 Å². The number of aliphatic carboxylic acids is 1. The maximum absolute atomic E-state index is 11.7. The van der Waals surface area contributed by atoms with E-state index in [-0.39, 0.29) is 13.0 Å². The van der Waals surface area contributed by atoms with Crippen LogP contribution < -0.4 is 10.6 Å². The van der Waals surface area contributed by atoms with E-state index in [1.54, 1.807) is 0 Å². The maximum atomic E-state index is 11.7. The SMILES string of the molecule is CNCCCNC(=O)N1CC(O)CC1C(=O)O. The predicted molar refractivity (Wildman–Crippen MR) is 60.7 cm³/mol. The molecule has 98 valence electrons. The molecular formula is C10H19N3O4. The molecule has 0 saturated carbocycles. The third kappa shape index (κ3) is 3.86. The number of β-amino-alcohol motifs (C(OH)–C–C–N with tert-alkyl or cyclic N) is 1. The minimum Gasteiger partial charge on any atom is -0.480 e. The zero-order valence-corrected chi connectivity index (χ0v) is 9.85. The molecule has 1 rings (SSSR count). The van der Waals surface area contributed by atoms with E-state index in [1.807, 2.05) is 7.05 Å². The standard InChI is InChI=1S/C10H19N3O4/c1-11-3-2-4-12-10(17)13-6-7(14)5-8(13)9(15)16/h7-8,11,14H,2-6H2,1H3,(H,12,17)(H,15,16). The first kappa shape index (κ1) is 13.7. The van der Waals surface area contributed by atoms with Crippen LogP contribution in [0, 0.1) is 0 Å². The van der Waals surface area contributed by atoms with Crippen molar-refractivity contribution in [3.8, 4) is 0 Å². The molecule has 1 aliphatic rings. The topological polar surface area (TPSA) is 102 Å².